The number of carboxylic acid groups (broad SMARTS) is 1. The van der Waals surface area contributed by atoms with Crippen LogP contribution in [0.25, 0.3) is 22.3 Å². The van der Waals surface area contributed by atoms with Gasteiger partial charge >= 0.3 is 5.97 Å². The van der Waals surface area contributed by atoms with Crippen LogP contribution < -0.4 is 21.3 Å². The Balaban J connectivity index is 0.000000248. The van der Waals surface area contributed by atoms with Crippen LogP contribution in [0.15, 0.2) is 37.2 Å². The zero-order valence-electron chi connectivity index (χ0n) is 40.5. The Kier molecular flexibility index (Phi) is 19.0. The number of carbonyl (C=O) groups is 1. The average Bonchev–Trinajstić information content (AvgIpc) is 3.89. The van der Waals surface area contributed by atoms with Gasteiger partial charge in [-0.3, -0.25) is 9.97 Å². The maximum Gasteiger partial charge on any atom is 0.335 e. The summed E-state index contributed by atoms with van der Waals surface area (Å²) in [4.78, 5) is 46.3. The number of fused-ring (bicyclic) bond motifs is 2. The number of imidazole rings is 2. The first-order chi connectivity index (χ1) is 31.1. The minimum atomic E-state index is -1.66. The summed E-state index contributed by atoms with van der Waals surface area (Å²) in [5, 5.41) is 58.0. The second-order valence-electron chi connectivity index (χ2n) is 17.2. The van der Waals surface area contributed by atoms with Crippen molar-refractivity contribution in [2.75, 3.05) is 21.3 Å². The van der Waals surface area contributed by atoms with Gasteiger partial charge in [0.1, 0.15) is 0 Å². The Morgan fingerprint density at radius 3 is 1.24 bits per heavy atom. The maximum absolute atomic E-state index is 10.0. The number of nitrogens with zero attached hydrogens (tertiary/aromatic N) is 10. The van der Waals surface area contributed by atoms with Crippen molar-refractivity contribution in [3.05, 3.63) is 70.8 Å². The quantitative estimate of drug-likeness (QED) is 0.0477. The third kappa shape index (κ3) is 14.0. The van der Waals surface area contributed by atoms with E-state index in [1.807, 2.05) is 49.2 Å². The summed E-state index contributed by atoms with van der Waals surface area (Å²) in [5.74, 6) is 0.887. The van der Waals surface area contributed by atoms with E-state index in [2.05, 4.69) is 115 Å². The van der Waals surface area contributed by atoms with E-state index in [1.54, 1.807) is 26.5 Å². The van der Waals surface area contributed by atoms with Gasteiger partial charge in [-0.2, -0.15) is 19.9 Å². The van der Waals surface area contributed by atoms with Gasteiger partial charge in [0.25, 0.3) is 0 Å². The molecule has 6 heterocycles. The molecule has 66 heavy (non-hydrogen) atoms. The predicted molar refractivity (Wildman–Crippen MR) is 258 cm³/mol. The number of aliphatic hydroxyl groups excluding tert-OH is 4. The second kappa shape index (κ2) is 23.9. The summed E-state index contributed by atoms with van der Waals surface area (Å²) in [6, 6.07) is 4.33. The third-order valence-corrected chi connectivity index (χ3v) is 10.9. The highest BCUT2D eigenvalue weighted by molar-refractivity contribution is 5.85. The van der Waals surface area contributed by atoms with Crippen LogP contribution in [-0.2, 0) is 17.9 Å². The van der Waals surface area contributed by atoms with E-state index in [0.717, 1.165) is 57.7 Å². The first kappa shape index (κ1) is 52.5. The van der Waals surface area contributed by atoms with Gasteiger partial charge in [-0.15, -0.1) is 0 Å². The Morgan fingerprint density at radius 1 is 0.591 bits per heavy atom. The molecule has 6 aromatic heterocycles. The van der Waals surface area contributed by atoms with E-state index >= 15 is 0 Å². The minimum Gasteiger partial charge on any atom is -0.479 e. The fourth-order valence-electron chi connectivity index (χ4n) is 6.81. The van der Waals surface area contributed by atoms with Crippen molar-refractivity contribution in [1.29, 1.82) is 0 Å². The van der Waals surface area contributed by atoms with Crippen LogP contribution in [-0.4, -0.2) is 117 Å². The zero-order valence-corrected chi connectivity index (χ0v) is 40.5. The van der Waals surface area contributed by atoms with Crippen LogP contribution >= 0.6 is 0 Å². The van der Waals surface area contributed by atoms with Gasteiger partial charge in [0.2, 0.25) is 11.9 Å². The molecule has 20 nitrogen and oxygen atoms in total. The number of hydrogen-bond acceptors (Lipinski definition) is 17. The van der Waals surface area contributed by atoms with E-state index in [0.29, 0.717) is 36.6 Å². The number of anilines is 4. The third-order valence-electron chi connectivity index (χ3n) is 10.9. The van der Waals surface area contributed by atoms with E-state index in [9.17, 15) is 15.0 Å². The van der Waals surface area contributed by atoms with E-state index in [-0.39, 0.29) is 24.2 Å². The number of carboxylic acids is 1. The topological polar surface area (TPSA) is 279 Å². The minimum absolute atomic E-state index is 0.126. The molecule has 0 radical (unpaired) electrons. The average molecular weight is 915 g/mol. The molecule has 6 aromatic rings. The number of nitrogens with one attached hydrogen (secondary N) is 4. The number of aromatic nitrogens is 10. The predicted octanol–water partition coefficient (Wildman–Crippen LogP) is 6.02. The molecule has 9 N–H and O–H groups in total. The summed E-state index contributed by atoms with van der Waals surface area (Å²) < 4.78 is 4.05. The molecule has 0 aromatic carbocycles. The molecule has 6 atom stereocenters. The standard InChI is InChI=1S/2C21H31N7O.C4H8O4/c2*1-7-17(15(6)29)25-21-26-19(18-20(27-21)28(11-24-18)12(2)3)23-10-16-9-22-14(5)8-13(16)4;1-2(5)3(6)4(7)8/h2*8-9,11-12,15,17,29H,7,10H2,1-6H3,(H2,23,25,26,27);2-3,5-6H,1H3,(H,7,8)/t2*15-,17+;2-,3+/m110/s1. The molecule has 0 aliphatic carbocycles. The summed E-state index contributed by atoms with van der Waals surface area (Å²) in [5.41, 5.74) is 9.56. The first-order valence-corrected chi connectivity index (χ1v) is 22.4. The van der Waals surface area contributed by atoms with Crippen molar-refractivity contribution < 1.29 is 30.3 Å². The Bertz CT molecular complexity index is 2340. The molecule has 0 aliphatic heterocycles. The lowest BCUT2D eigenvalue weighted by Crippen LogP contribution is -2.31. The fourth-order valence-corrected chi connectivity index (χ4v) is 6.81. The molecule has 0 spiro atoms. The number of aliphatic carboxylic acids is 1. The summed E-state index contributed by atoms with van der Waals surface area (Å²) in [7, 11) is 0. The largest absolute Gasteiger partial charge is 0.479 e. The second-order valence-corrected chi connectivity index (χ2v) is 17.2. The van der Waals surface area contributed by atoms with Crippen LogP contribution in [0.1, 0.15) is 121 Å². The van der Waals surface area contributed by atoms with Crippen molar-refractivity contribution in [3.63, 3.8) is 0 Å². The van der Waals surface area contributed by atoms with Gasteiger partial charge in [0.15, 0.2) is 40.1 Å². The first-order valence-electron chi connectivity index (χ1n) is 22.4. The number of aryl methyl sites for hydroxylation is 4. The smallest absolute Gasteiger partial charge is 0.335 e. The molecular formula is C46H70N14O6. The fraction of sp³-hybridized carbons (Fsp3) is 0.543. The molecule has 0 amide bonds. The Labute approximate surface area is 386 Å². The lowest BCUT2D eigenvalue weighted by molar-refractivity contribution is -0.151. The van der Waals surface area contributed by atoms with Gasteiger partial charge in [-0.25, -0.2) is 14.8 Å². The van der Waals surface area contributed by atoms with Crippen LogP contribution in [0.4, 0.5) is 23.5 Å². The highest BCUT2D eigenvalue weighted by Crippen LogP contribution is 2.27. The Hall–Kier alpha value is -6.09. The van der Waals surface area contributed by atoms with Crippen LogP contribution in [0.2, 0.25) is 0 Å². The molecule has 0 fully saturated rings. The molecule has 0 aliphatic rings. The monoisotopic (exact) mass is 915 g/mol. The Morgan fingerprint density at radius 2 is 0.970 bits per heavy atom. The normalized spacial score (nSPS) is 14.1. The van der Waals surface area contributed by atoms with Crippen molar-refractivity contribution in [2.24, 2.45) is 0 Å². The van der Waals surface area contributed by atoms with Gasteiger partial charge in [0, 0.05) is 49.0 Å². The number of rotatable bonds is 18. The van der Waals surface area contributed by atoms with Gasteiger partial charge in [-0.05, 0) is 123 Å². The van der Waals surface area contributed by atoms with Gasteiger partial charge in [0.05, 0.1) is 43.1 Å². The highest BCUT2D eigenvalue weighted by atomic mass is 16.4. The summed E-state index contributed by atoms with van der Waals surface area (Å²) >= 11 is 0. The van der Waals surface area contributed by atoms with Crippen LogP contribution in [0.3, 0.4) is 0 Å². The number of hydrogen-bond donors (Lipinski definition) is 9. The molecule has 0 saturated carbocycles. The molecule has 0 unspecified atom stereocenters. The summed E-state index contributed by atoms with van der Waals surface area (Å²) in [6.07, 6.45) is 5.03. The lowest BCUT2D eigenvalue weighted by atomic mass is 10.1. The van der Waals surface area contributed by atoms with Gasteiger partial charge in [-0.1, -0.05) is 13.8 Å². The van der Waals surface area contributed by atoms with Gasteiger partial charge < -0.3 is 55.9 Å². The van der Waals surface area contributed by atoms with Crippen molar-refractivity contribution in [3.8, 4) is 0 Å². The van der Waals surface area contributed by atoms with Crippen molar-refractivity contribution in [1.82, 2.24) is 49.0 Å². The van der Waals surface area contributed by atoms with Crippen molar-refractivity contribution in [2.45, 2.75) is 165 Å². The van der Waals surface area contributed by atoms with E-state index < -0.39 is 30.4 Å². The maximum atomic E-state index is 10.0. The molecule has 360 valence electrons. The lowest BCUT2D eigenvalue weighted by Gasteiger charge is -2.20. The van der Waals surface area contributed by atoms with Crippen LogP contribution in [0.5, 0.6) is 0 Å². The van der Waals surface area contributed by atoms with E-state index in [4.69, 9.17) is 15.3 Å². The molecule has 0 saturated heterocycles. The summed E-state index contributed by atoms with van der Waals surface area (Å²) in [6.45, 7) is 26.5. The molecule has 6 rings (SSSR count). The number of aliphatic hydroxyl groups is 4. The highest BCUT2D eigenvalue weighted by Gasteiger charge is 2.21. The SMILES string of the molecule is CC[C@H](Nc1nc(NCc2cnc(C)cc2C)c2ncn(C(C)C)c2n1)[C@@H](C)O.CC[C@H](Nc1nc(NCc2cnc(C)cc2C)c2ncn(C(C)C)c2n1)[C@@H](C)O.C[C@H](O)[C@@H](O)C(=O)O. The molecular weight excluding hydrogens is 845 g/mol. The van der Waals surface area contributed by atoms with E-state index in [1.165, 1.54) is 18.1 Å². The van der Waals surface area contributed by atoms with Crippen LogP contribution in [0, 0.1) is 27.7 Å². The molecule has 20 heteroatoms. The number of pyridine rings is 2. The zero-order chi connectivity index (χ0) is 49.0. The molecule has 0 bridgehead atoms. The van der Waals surface area contributed by atoms with Crippen molar-refractivity contribution >= 4 is 51.8 Å².